The minimum Gasteiger partial charge on any atom is -0.355 e. The van der Waals surface area contributed by atoms with Crippen LogP contribution < -0.4 is 10.6 Å². The SMILES string of the molecule is CC(C)(C)SCCNC(=O)[C@H]1CCNC1.Cl. The Kier molecular flexibility index (Phi) is 7.44. The highest BCUT2D eigenvalue weighted by molar-refractivity contribution is 8.00. The summed E-state index contributed by atoms with van der Waals surface area (Å²) in [5.74, 6) is 1.41. The van der Waals surface area contributed by atoms with E-state index in [0.29, 0.717) is 4.75 Å². The Morgan fingerprint density at radius 2 is 2.19 bits per heavy atom. The van der Waals surface area contributed by atoms with Crippen LogP contribution in [0.15, 0.2) is 0 Å². The number of carbonyl (C=O) groups is 1. The largest absolute Gasteiger partial charge is 0.355 e. The summed E-state index contributed by atoms with van der Waals surface area (Å²) in [4.78, 5) is 11.6. The highest BCUT2D eigenvalue weighted by atomic mass is 35.5. The Hall–Kier alpha value is 0.0700. The molecular weight excluding hydrogens is 244 g/mol. The van der Waals surface area contributed by atoms with Crippen molar-refractivity contribution in [1.29, 1.82) is 0 Å². The first kappa shape index (κ1) is 16.1. The van der Waals surface area contributed by atoms with E-state index in [4.69, 9.17) is 0 Å². The van der Waals surface area contributed by atoms with Gasteiger partial charge in [-0.05, 0) is 13.0 Å². The van der Waals surface area contributed by atoms with Gasteiger partial charge in [-0.1, -0.05) is 20.8 Å². The van der Waals surface area contributed by atoms with Crippen molar-refractivity contribution in [3.05, 3.63) is 0 Å². The lowest BCUT2D eigenvalue weighted by molar-refractivity contribution is -0.124. The van der Waals surface area contributed by atoms with Gasteiger partial charge in [0.2, 0.25) is 5.91 Å². The monoisotopic (exact) mass is 266 g/mol. The van der Waals surface area contributed by atoms with Crippen LogP contribution in [0.1, 0.15) is 27.2 Å². The van der Waals surface area contributed by atoms with Crippen molar-refractivity contribution >= 4 is 30.1 Å². The van der Waals surface area contributed by atoms with Gasteiger partial charge in [0.05, 0.1) is 5.92 Å². The summed E-state index contributed by atoms with van der Waals surface area (Å²) in [6.07, 6.45) is 0.984. The molecule has 1 aliphatic heterocycles. The van der Waals surface area contributed by atoms with E-state index in [1.54, 1.807) is 0 Å². The normalized spacial score (nSPS) is 20.3. The summed E-state index contributed by atoms with van der Waals surface area (Å²) in [5.41, 5.74) is 0. The number of amides is 1. The van der Waals surface area contributed by atoms with Crippen LogP contribution in [0.25, 0.3) is 0 Å². The second kappa shape index (κ2) is 7.41. The van der Waals surface area contributed by atoms with Crippen molar-refractivity contribution in [2.45, 2.75) is 31.9 Å². The summed E-state index contributed by atoms with van der Waals surface area (Å²) in [5, 5.41) is 6.20. The smallest absolute Gasteiger partial charge is 0.224 e. The summed E-state index contributed by atoms with van der Waals surface area (Å²) >= 11 is 1.89. The first-order valence-corrected chi connectivity index (χ1v) is 6.60. The van der Waals surface area contributed by atoms with E-state index in [1.807, 2.05) is 11.8 Å². The maximum Gasteiger partial charge on any atom is 0.224 e. The summed E-state index contributed by atoms with van der Waals surface area (Å²) in [6, 6.07) is 0. The van der Waals surface area contributed by atoms with E-state index in [2.05, 4.69) is 31.4 Å². The zero-order chi connectivity index (χ0) is 11.3. The number of thioether (sulfide) groups is 1. The van der Waals surface area contributed by atoms with Gasteiger partial charge in [-0.25, -0.2) is 0 Å². The molecule has 0 saturated carbocycles. The first-order valence-electron chi connectivity index (χ1n) is 5.61. The zero-order valence-corrected chi connectivity index (χ0v) is 12.0. The number of rotatable bonds is 4. The number of halogens is 1. The molecule has 1 heterocycles. The van der Waals surface area contributed by atoms with E-state index >= 15 is 0 Å². The van der Waals surface area contributed by atoms with Crippen LogP contribution in [0.4, 0.5) is 0 Å². The quantitative estimate of drug-likeness (QED) is 0.761. The molecule has 3 nitrogen and oxygen atoms in total. The second-order valence-electron chi connectivity index (χ2n) is 4.94. The van der Waals surface area contributed by atoms with E-state index in [1.165, 1.54) is 0 Å². The number of hydrogen-bond donors (Lipinski definition) is 2. The average molecular weight is 267 g/mol. The molecule has 2 N–H and O–H groups in total. The predicted molar refractivity (Wildman–Crippen MR) is 73.4 cm³/mol. The fourth-order valence-corrected chi connectivity index (χ4v) is 2.37. The minimum absolute atomic E-state index is 0. The molecule has 1 atom stereocenters. The molecule has 16 heavy (non-hydrogen) atoms. The highest BCUT2D eigenvalue weighted by Crippen LogP contribution is 2.22. The topological polar surface area (TPSA) is 41.1 Å². The summed E-state index contributed by atoms with van der Waals surface area (Å²) in [6.45, 7) is 9.20. The third kappa shape index (κ3) is 6.61. The second-order valence-corrected chi connectivity index (χ2v) is 6.86. The van der Waals surface area contributed by atoms with Gasteiger partial charge in [0.1, 0.15) is 0 Å². The van der Waals surface area contributed by atoms with Crippen LogP contribution in [0.2, 0.25) is 0 Å². The Labute approximate surface area is 109 Å². The number of nitrogens with one attached hydrogen (secondary N) is 2. The third-order valence-corrected chi connectivity index (χ3v) is 3.64. The van der Waals surface area contributed by atoms with E-state index < -0.39 is 0 Å². The van der Waals surface area contributed by atoms with Crippen LogP contribution in [0, 0.1) is 5.92 Å². The maximum atomic E-state index is 11.6. The Bertz CT molecular complexity index is 213. The van der Waals surface area contributed by atoms with Crippen molar-refractivity contribution in [2.75, 3.05) is 25.4 Å². The van der Waals surface area contributed by atoms with Crippen molar-refractivity contribution in [2.24, 2.45) is 5.92 Å². The van der Waals surface area contributed by atoms with Gasteiger partial charge in [-0.3, -0.25) is 4.79 Å². The van der Waals surface area contributed by atoms with Crippen molar-refractivity contribution < 1.29 is 4.79 Å². The molecule has 1 saturated heterocycles. The fraction of sp³-hybridized carbons (Fsp3) is 0.909. The van der Waals surface area contributed by atoms with E-state index in [-0.39, 0.29) is 24.2 Å². The molecule has 1 fully saturated rings. The van der Waals surface area contributed by atoms with Gasteiger partial charge in [0.15, 0.2) is 0 Å². The average Bonchev–Trinajstić information content (AvgIpc) is 2.63. The van der Waals surface area contributed by atoms with Gasteiger partial charge >= 0.3 is 0 Å². The van der Waals surface area contributed by atoms with Crippen molar-refractivity contribution in [3.8, 4) is 0 Å². The van der Waals surface area contributed by atoms with Crippen LogP contribution >= 0.6 is 24.2 Å². The Balaban J connectivity index is 0.00000225. The molecule has 1 aliphatic rings. The maximum absolute atomic E-state index is 11.6. The van der Waals surface area contributed by atoms with Gasteiger partial charge in [-0.2, -0.15) is 11.8 Å². The third-order valence-electron chi connectivity index (χ3n) is 2.37. The lowest BCUT2D eigenvalue weighted by Gasteiger charge is -2.18. The molecule has 5 heteroatoms. The molecule has 0 unspecified atom stereocenters. The highest BCUT2D eigenvalue weighted by Gasteiger charge is 2.21. The minimum atomic E-state index is 0. The zero-order valence-electron chi connectivity index (χ0n) is 10.3. The lowest BCUT2D eigenvalue weighted by Crippen LogP contribution is -2.33. The van der Waals surface area contributed by atoms with Gasteiger partial charge in [0, 0.05) is 23.6 Å². The van der Waals surface area contributed by atoms with E-state index in [0.717, 1.165) is 31.8 Å². The van der Waals surface area contributed by atoms with Gasteiger partial charge < -0.3 is 10.6 Å². The number of carbonyl (C=O) groups excluding carboxylic acids is 1. The van der Waals surface area contributed by atoms with Crippen LogP contribution in [-0.2, 0) is 4.79 Å². The molecule has 0 aromatic carbocycles. The van der Waals surface area contributed by atoms with Gasteiger partial charge in [0.25, 0.3) is 0 Å². The molecule has 0 aliphatic carbocycles. The lowest BCUT2D eigenvalue weighted by atomic mass is 10.1. The van der Waals surface area contributed by atoms with Gasteiger partial charge in [-0.15, -0.1) is 12.4 Å². The van der Waals surface area contributed by atoms with E-state index in [9.17, 15) is 4.79 Å². The predicted octanol–water partition coefficient (Wildman–Crippen LogP) is 1.67. The first-order chi connectivity index (χ1) is 6.99. The molecule has 96 valence electrons. The van der Waals surface area contributed by atoms with Crippen molar-refractivity contribution in [1.82, 2.24) is 10.6 Å². The summed E-state index contributed by atoms with van der Waals surface area (Å²) in [7, 11) is 0. The molecule has 0 radical (unpaired) electrons. The van der Waals surface area contributed by atoms with Crippen LogP contribution in [0.3, 0.4) is 0 Å². The molecular formula is C11H23ClN2OS. The molecule has 0 aromatic heterocycles. The Morgan fingerprint density at radius 3 is 2.69 bits per heavy atom. The molecule has 0 aromatic rings. The molecule has 0 bridgehead atoms. The standard InChI is InChI=1S/C11H22N2OS.ClH/c1-11(2,3)15-7-6-13-10(14)9-4-5-12-8-9;/h9,12H,4-8H2,1-3H3,(H,13,14);1H/t9-;/m0./s1. The van der Waals surface area contributed by atoms with Crippen LogP contribution in [-0.4, -0.2) is 36.0 Å². The molecule has 1 amide bonds. The molecule has 1 rings (SSSR count). The summed E-state index contributed by atoms with van der Waals surface area (Å²) < 4.78 is 0.291. The fourth-order valence-electron chi connectivity index (χ4n) is 1.55. The van der Waals surface area contributed by atoms with Crippen molar-refractivity contribution in [3.63, 3.8) is 0 Å². The van der Waals surface area contributed by atoms with Crippen LogP contribution in [0.5, 0.6) is 0 Å². The number of hydrogen-bond acceptors (Lipinski definition) is 3. The Morgan fingerprint density at radius 1 is 1.50 bits per heavy atom. The molecule has 0 spiro atoms.